The van der Waals surface area contributed by atoms with Crippen LogP contribution in [0.25, 0.3) is 5.69 Å². The molecule has 0 spiro atoms. The van der Waals surface area contributed by atoms with Crippen LogP contribution in [0.4, 0.5) is 0 Å². The zero-order valence-electron chi connectivity index (χ0n) is 17.1. The summed E-state index contributed by atoms with van der Waals surface area (Å²) in [4.78, 5) is 13.3. The van der Waals surface area contributed by atoms with E-state index in [1.54, 1.807) is 6.26 Å². The minimum atomic E-state index is -0.0562. The Kier molecular flexibility index (Phi) is 4.12. The summed E-state index contributed by atoms with van der Waals surface area (Å²) in [5.74, 6) is 3.11. The number of para-hydroxylation sites is 1. The van der Waals surface area contributed by atoms with Gasteiger partial charge in [0.25, 0.3) is 5.91 Å². The first-order chi connectivity index (χ1) is 14.7. The normalized spacial score (nSPS) is 29.3. The van der Waals surface area contributed by atoms with E-state index < -0.39 is 0 Å². The summed E-state index contributed by atoms with van der Waals surface area (Å²) in [6.07, 6.45) is 11.2. The molecule has 4 aliphatic rings. The molecule has 0 aliphatic heterocycles. The van der Waals surface area contributed by atoms with Crippen LogP contribution in [0.5, 0.6) is 0 Å². The number of carbonyl (C=O) groups excluding carboxylic acids is 1. The van der Waals surface area contributed by atoms with Gasteiger partial charge in [-0.2, -0.15) is 5.10 Å². The van der Waals surface area contributed by atoms with Gasteiger partial charge in [-0.15, -0.1) is 0 Å². The molecule has 0 radical (unpaired) electrons. The second kappa shape index (κ2) is 6.86. The van der Waals surface area contributed by atoms with Crippen LogP contribution in [-0.4, -0.2) is 15.7 Å². The fourth-order valence-electron chi connectivity index (χ4n) is 6.72. The molecule has 3 aromatic rings. The van der Waals surface area contributed by atoms with Crippen molar-refractivity contribution in [3.8, 4) is 5.69 Å². The Morgan fingerprint density at radius 2 is 1.73 bits per heavy atom. The van der Waals surface area contributed by atoms with Gasteiger partial charge in [-0.1, -0.05) is 18.2 Å². The van der Waals surface area contributed by atoms with Gasteiger partial charge in [0.1, 0.15) is 5.76 Å². The van der Waals surface area contributed by atoms with Gasteiger partial charge < -0.3 is 9.73 Å². The number of hydrogen-bond donors (Lipinski definition) is 1. The number of nitrogens with one attached hydrogen (secondary N) is 1. The summed E-state index contributed by atoms with van der Waals surface area (Å²) in [7, 11) is 0. The topological polar surface area (TPSA) is 60.1 Å². The molecule has 1 aromatic carbocycles. The standard InChI is InChI=1S/C25H27N3O2/c29-24(26-15-21-7-4-8-30-21)22-16-28(20-5-2-1-3-6-20)27-23(22)25-12-17-9-18(13-25)11-19(10-17)14-25/h1-8,16-19H,9-15H2,(H,26,29). The van der Waals surface area contributed by atoms with Gasteiger partial charge in [-0.25, -0.2) is 4.68 Å². The van der Waals surface area contributed by atoms with Gasteiger partial charge in [-0.3, -0.25) is 4.79 Å². The molecular formula is C25H27N3O2. The van der Waals surface area contributed by atoms with Crippen LogP contribution in [0.15, 0.2) is 59.3 Å². The van der Waals surface area contributed by atoms with E-state index in [9.17, 15) is 4.79 Å². The largest absolute Gasteiger partial charge is 0.467 e. The lowest BCUT2D eigenvalue weighted by Crippen LogP contribution is -2.49. The molecular weight excluding hydrogens is 374 g/mol. The zero-order valence-corrected chi connectivity index (χ0v) is 17.1. The van der Waals surface area contributed by atoms with Crippen molar-refractivity contribution in [3.63, 3.8) is 0 Å². The fraction of sp³-hybridized carbons (Fsp3) is 0.440. The van der Waals surface area contributed by atoms with Gasteiger partial charge in [0.15, 0.2) is 0 Å². The van der Waals surface area contributed by atoms with Crippen LogP contribution < -0.4 is 5.32 Å². The van der Waals surface area contributed by atoms with Crippen LogP contribution in [0.1, 0.15) is 60.3 Å². The third kappa shape index (κ3) is 2.99. The van der Waals surface area contributed by atoms with Gasteiger partial charge in [0, 0.05) is 11.6 Å². The first kappa shape index (κ1) is 18.0. The smallest absolute Gasteiger partial charge is 0.255 e. The molecule has 2 heterocycles. The van der Waals surface area contributed by atoms with Crippen LogP contribution >= 0.6 is 0 Å². The van der Waals surface area contributed by atoms with Crippen molar-refractivity contribution in [1.82, 2.24) is 15.1 Å². The number of benzene rings is 1. The lowest BCUT2D eigenvalue weighted by atomic mass is 9.48. The average Bonchev–Trinajstić information content (AvgIpc) is 3.42. The lowest BCUT2D eigenvalue weighted by Gasteiger charge is -2.56. The summed E-state index contributed by atoms with van der Waals surface area (Å²) in [6, 6.07) is 13.8. The molecule has 4 aliphatic carbocycles. The SMILES string of the molecule is O=C(NCc1ccco1)c1cn(-c2ccccc2)nc1C12CC3CC(CC(C3)C1)C2. The molecule has 2 aromatic heterocycles. The molecule has 1 amide bonds. The fourth-order valence-corrected chi connectivity index (χ4v) is 6.72. The molecule has 4 fully saturated rings. The van der Waals surface area contributed by atoms with Crippen LogP contribution in [0.2, 0.25) is 0 Å². The Morgan fingerprint density at radius 3 is 2.37 bits per heavy atom. The lowest BCUT2D eigenvalue weighted by molar-refractivity contribution is -0.00770. The van der Waals surface area contributed by atoms with Gasteiger partial charge in [-0.05, 0) is 80.5 Å². The van der Waals surface area contributed by atoms with Crippen molar-refractivity contribution in [2.75, 3.05) is 0 Å². The molecule has 4 bridgehead atoms. The summed E-state index contributed by atoms with van der Waals surface area (Å²) >= 11 is 0. The van der Waals surface area contributed by atoms with E-state index in [0.717, 1.165) is 40.5 Å². The Labute approximate surface area is 176 Å². The summed E-state index contributed by atoms with van der Waals surface area (Å²) in [5, 5.41) is 8.12. The number of carbonyl (C=O) groups is 1. The van der Waals surface area contributed by atoms with E-state index in [1.165, 1.54) is 38.5 Å². The molecule has 1 N–H and O–H groups in total. The Bertz CT molecular complexity index is 1020. The second-order valence-electron chi connectivity index (χ2n) is 9.63. The van der Waals surface area contributed by atoms with E-state index in [2.05, 4.69) is 5.32 Å². The third-order valence-electron chi connectivity index (χ3n) is 7.52. The Hall–Kier alpha value is -2.82. The van der Waals surface area contributed by atoms with E-state index in [0.29, 0.717) is 6.54 Å². The maximum absolute atomic E-state index is 13.3. The quantitative estimate of drug-likeness (QED) is 0.664. The van der Waals surface area contributed by atoms with Crippen LogP contribution in [0.3, 0.4) is 0 Å². The highest BCUT2D eigenvalue weighted by Gasteiger charge is 2.53. The van der Waals surface area contributed by atoms with Crippen molar-refractivity contribution in [3.05, 3.63) is 71.9 Å². The minimum absolute atomic E-state index is 0.0562. The molecule has 5 heteroatoms. The van der Waals surface area contributed by atoms with Gasteiger partial charge in [0.2, 0.25) is 0 Å². The zero-order chi connectivity index (χ0) is 20.1. The molecule has 0 saturated heterocycles. The number of nitrogens with zero attached hydrogens (tertiary/aromatic N) is 2. The number of aromatic nitrogens is 2. The van der Waals surface area contributed by atoms with Crippen molar-refractivity contribution in [1.29, 1.82) is 0 Å². The number of furan rings is 1. The van der Waals surface area contributed by atoms with Gasteiger partial charge >= 0.3 is 0 Å². The number of rotatable bonds is 5. The molecule has 5 nitrogen and oxygen atoms in total. The number of amides is 1. The molecule has 30 heavy (non-hydrogen) atoms. The van der Waals surface area contributed by atoms with Crippen LogP contribution in [0, 0.1) is 17.8 Å². The summed E-state index contributed by atoms with van der Waals surface area (Å²) in [5.41, 5.74) is 2.80. The predicted octanol–water partition coefficient (Wildman–Crippen LogP) is 4.86. The molecule has 4 saturated carbocycles. The van der Waals surface area contributed by atoms with E-state index >= 15 is 0 Å². The molecule has 0 atom stereocenters. The van der Waals surface area contributed by atoms with Gasteiger partial charge in [0.05, 0.1) is 29.8 Å². The monoisotopic (exact) mass is 401 g/mol. The van der Waals surface area contributed by atoms with Crippen molar-refractivity contribution in [2.45, 2.75) is 50.5 Å². The second-order valence-corrected chi connectivity index (χ2v) is 9.63. The Morgan fingerprint density at radius 1 is 1.03 bits per heavy atom. The molecule has 0 unspecified atom stereocenters. The molecule has 7 rings (SSSR count). The highest BCUT2D eigenvalue weighted by molar-refractivity contribution is 5.95. The van der Waals surface area contributed by atoms with Crippen molar-refractivity contribution in [2.24, 2.45) is 17.8 Å². The van der Waals surface area contributed by atoms with E-state index in [1.807, 2.05) is 53.3 Å². The maximum Gasteiger partial charge on any atom is 0.255 e. The first-order valence-corrected chi connectivity index (χ1v) is 11.1. The minimum Gasteiger partial charge on any atom is -0.467 e. The highest BCUT2D eigenvalue weighted by atomic mass is 16.3. The highest BCUT2D eigenvalue weighted by Crippen LogP contribution is 2.60. The van der Waals surface area contributed by atoms with E-state index in [4.69, 9.17) is 9.52 Å². The summed E-state index contributed by atoms with van der Waals surface area (Å²) < 4.78 is 7.29. The third-order valence-corrected chi connectivity index (χ3v) is 7.52. The van der Waals surface area contributed by atoms with Crippen molar-refractivity contribution >= 4 is 5.91 Å². The summed E-state index contributed by atoms with van der Waals surface area (Å²) in [6.45, 7) is 0.392. The predicted molar refractivity (Wildman–Crippen MR) is 113 cm³/mol. The Balaban J connectivity index is 1.38. The first-order valence-electron chi connectivity index (χ1n) is 11.1. The maximum atomic E-state index is 13.3. The average molecular weight is 402 g/mol. The molecule has 154 valence electrons. The number of hydrogen-bond acceptors (Lipinski definition) is 3. The van der Waals surface area contributed by atoms with Crippen LogP contribution in [-0.2, 0) is 12.0 Å². The van der Waals surface area contributed by atoms with Crippen molar-refractivity contribution < 1.29 is 9.21 Å². The van der Waals surface area contributed by atoms with E-state index in [-0.39, 0.29) is 11.3 Å².